The number of benzene rings is 2. The van der Waals surface area contributed by atoms with Gasteiger partial charge in [0, 0.05) is 19.0 Å². The summed E-state index contributed by atoms with van der Waals surface area (Å²) in [5.74, 6) is 0.507. The third-order valence-electron chi connectivity index (χ3n) is 3.46. The Kier molecular flexibility index (Phi) is 6.76. The monoisotopic (exact) mass is 343 g/mol. The van der Waals surface area contributed by atoms with Crippen molar-refractivity contribution in [2.75, 3.05) is 23.8 Å². The van der Waals surface area contributed by atoms with Crippen LogP contribution in [-0.2, 0) is 4.79 Å². The van der Waals surface area contributed by atoms with Crippen LogP contribution in [0.15, 0.2) is 48.5 Å². The number of nitro benzene ring substituents is 1. The van der Waals surface area contributed by atoms with Gasteiger partial charge >= 0.3 is 0 Å². The van der Waals surface area contributed by atoms with Crippen molar-refractivity contribution in [2.24, 2.45) is 0 Å². The summed E-state index contributed by atoms with van der Waals surface area (Å²) in [7, 11) is 0. The molecule has 7 nitrogen and oxygen atoms in total. The van der Waals surface area contributed by atoms with Gasteiger partial charge in [0.2, 0.25) is 5.91 Å². The number of nitro groups is 1. The maximum absolute atomic E-state index is 12.1. The van der Waals surface area contributed by atoms with Crippen molar-refractivity contribution in [1.29, 1.82) is 0 Å². The molecule has 0 aromatic heterocycles. The van der Waals surface area contributed by atoms with Crippen molar-refractivity contribution < 1.29 is 14.5 Å². The molecule has 0 unspecified atom stereocenters. The van der Waals surface area contributed by atoms with E-state index in [1.807, 2.05) is 19.1 Å². The van der Waals surface area contributed by atoms with Crippen LogP contribution in [0.2, 0.25) is 0 Å². The number of nitrogens with zero attached hydrogens (tertiary/aromatic N) is 1. The molecule has 25 heavy (non-hydrogen) atoms. The molecule has 0 bridgehead atoms. The minimum atomic E-state index is -0.431. The molecule has 132 valence electrons. The summed E-state index contributed by atoms with van der Waals surface area (Å²) in [4.78, 5) is 22.6. The van der Waals surface area contributed by atoms with E-state index in [9.17, 15) is 14.9 Å². The topological polar surface area (TPSA) is 93.5 Å². The first-order valence-corrected chi connectivity index (χ1v) is 8.10. The first kappa shape index (κ1) is 18.3. The molecule has 1 amide bonds. The number of carbonyl (C=O) groups excluding carboxylic acids is 1. The predicted molar refractivity (Wildman–Crippen MR) is 97.1 cm³/mol. The summed E-state index contributed by atoms with van der Waals surface area (Å²) in [6, 6.07) is 13.7. The van der Waals surface area contributed by atoms with E-state index in [0.717, 1.165) is 0 Å². The highest BCUT2D eigenvalue weighted by Crippen LogP contribution is 2.24. The first-order valence-electron chi connectivity index (χ1n) is 8.10. The summed E-state index contributed by atoms with van der Waals surface area (Å²) in [6.45, 7) is 2.87. The van der Waals surface area contributed by atoms with Gasteiger partial charge in [-0.1, -0.05) is 24.3 Å². The van der Waals surface area contributed by atoms with Gasteiger partial charge in [-0.15, -0.1) is 0 Å². The molecule has 0 aliphatic carbocycles. The van der Waals surface area contributed by atoms with Crippen molar-refractivity contribution in [1.82, 2.24) is 0 Å². The summed E-state index contributed by atoms with van der Waals surface area (Å²) >= 11 is 0. The summed E-state index contributed by atoms with van der Waals surface area (Å²) in [5, 5.41) is 16.8. The highest BCUT2D eigenvalue weighted by molar-refractivity contribution is 5.92. The van der Waals surface area contributed by atoms with Gasteiger partial charge < -0.3 is 15.4 Å². The molecule has 0 saturated carbocycles. The van der Waals surface area contributed by atoms with Crippen molar-refractivity contribution in [3.05, 3.63) is 58.6 Å². The molecule has 2 rings (SSSR count). The number of para-hydroxylation sites is 4. The van der Waals surface area contributed by atoms with E-state index in [4.69, 9.17) is 4.74 Å². The van der Waals surface area contributed by atoms with E-state index in [0.29, 0.717) is 43.1 Å². The second-order valence-electron chi connectivity index (χ2n) is 5.28. The van der Waals surface area contributed by atoms with Crippen LogP contribution >= 0.6 is 0 Å². The Morgan fingerprint density at radius 3 is 2.52 bits per heavy atom. The molecular weight excluding hydrogens is 322 g/mol. The lowest BCUT2D eigenvalue weighted by Gasteiger charge is -2.11. The fraction of sp³-hybridized carbons (Fsp3) is 0.278. The van der Waals surface area contributed by atoms with E-state index in [2.05, 4.69) is 10.6 Å². The Morgan fingerprint density at radius 2 is 1.80 bits per heavy atom. The smallest absolute Gasteiger partial charge is 0.292 e. The lowest BCUT2D eigenvalue weighted by atomic mass is 10.2. The molecule has 7 heteroatoms. The molecule has 0 heterocycles. The molecular formula is C18H21N3O4. The third kappa shape index (κ3) is 5.49. The second-order valence-corrected chi connectivity index (χ2v) is 5.28. The van der Waals surface area contributed by atoms with E-state index in [1.54, 1.807) is 30.3 Å². The number of rotatable bonds is 9. The maximum Gasteiger partial charge on any atom is 0.292 e. The molecule has 2 aromatic carbocycles. The lowest BCUT2D eigenvalue weighted by Crippen LogP contribution is -2.14. The highest BCUT2D eigenvalue weighted by Gasteiger charge is 2.12. The van der Waals surface area contributed by atoms with Crippen LogP contribution in [0.5, 0.6) is 5.75 Å². The Morgan fingerprint density at radius 1 is 1.12 bits per heavy atom. The Balaban J connectivity index is 1.81. The number of nitrogens with one attached hydrogen (secondary N) is 2. The SMILES string of the molecule is CCOc1ccccc1NC(=O)CCCNc1ccccc1[N+](=O)[O-]. The first-order chi connectivity index (χ1) is 12.1. The van der Waals surface area contributed by atoms with Crippen LogP contribution < -0.4 is 15.4 Å². The number of hydrogen-bond donors (Lipinski definition) is 2. The summed E-state index contributed by atoms with van der Waals surface area (Å²) in [5.41, 5.74) is 1.12. The highest BCUT2D eigenvalue weighted by atomic mass is 16.6. The third-order valence-corrected chi connectivity index (χ3v) is 3.46. The molecule has 0 radical (unpaired) electrons. The van der Waals surface area contributed by atoms with Gasteiger partial charge in [-0.3, -0.25) is 14.9 Å². The standard InChI is InChI=1S/C18H21N3O4/c1-2-25-17-11-6-4-9-15(17)20-18(22)12-7-13-19-14-8-3-5-10-16(14)21(23)24/h3-6,8-11,19H,2,7,12-13H2,1H3,(H,20,22). The fourth-order valence-corrected chi connectivity index (χ4v) is 2.32. The van der Waals surface area contributed by atoms with Crippen molar-refractivity contribution in [2.45, 2.75) is 19.8 Å². The number of amides is 1. The van der Waals surface area contributed by atoms with Crippen LogP contribution in [0.3, 0.4) is 0 Å². The van der Waals surface area contributed by atoms with Crippen LogP contribution in [0, 0.1) is 10.1 Å². The fourth-order valence-electron chi connectivity index (χ4n) is 2.32. The predicted octanol–water partition coefficient (Wildman–Crippen LogP) is 3.82. The molecule has 0 saturated heterocycles. The normalized spacial score (nSPS) is 10.1. The maximum atomic E-state index is 12.1. The van der Waals surface area contributed by atoms with E-state index in [1.165, 1.54) is 6.07 Å². The molecule has 2 aromatic rings. The molecule has 0 aliphatic heterocycles. The van der Waals surface area contributed by atoms with Crippen molar-refractivity contribution in [3.8, 4) is 5.75 Å². The summed E-state index contributed by atoms with van der Waals surface area (Å²) < 4.78 is 5.47. The lowest BCUT2D eigenvalue weighted by molar-refractivity contribution is -0.384. The largest absolute Gasteiger partial charge is 0.492 e. The van der Waals surface area contributed by atoms with E-state index < -0.39 is 4.92 Å². The number of ether oxygens (including phenoxy) is 1. The van der Waals surface area contributed by atoms with Gasteiger partial charge in [0.25, 0.3) is 5.69 Å². The van der Waals surface area contributed by atoms with Gasteiger partial charge in [-0.05, 0) is 31.5 Å². The summed E-state index contributed by atoms with van der Waals surface area (Å²) in [6.07, 6.45) is 0.850. The van der Waals surface area contributed by atoms with Crippen LogP contribution in [-0.4, -0.2) is 24.0 Å². The second kappa shape index (κ2) is 9.27. The Labute approximate surface area is 146 Å². The van der Waals surface area contributed by atoms with Crippen LogP contribution in [0.25, 0.3) is 0 Å². The number of anilines is 2. The zero-order valence-corrected chi connectivity index (χ0v) is 14.0. The van der Waals surface area contributed by atoms with Gasteiger partial charge in [0.05, 0.1) is 17.2 Å². The van der Waals surface area contributed by atoms with Crippen molar-refractivity contribution in [3.63, 3.8) is 0 Å². The number of carbonyl (C=O) groups is 1. The average Bonchev–Trinajstić information content (AvgIpc) is 2.61. The van der Waals surface area contributed by atoms with E-state index >= 15 is 0 Å². The van der Waals surface area contributed by atoms with Crippen LogP contribution in [0.4, 0.5) is 17.1 Å². The van der Waals surface area contributed by atoms with Gasteiger partial charge in [-0.2, -0.15) is 0 Å². The van der Waals surface area contributed by atoms with Crippen molar-refractivity contribution >= 4 is 23.0 Å². The minimum absolute atomic E-state index is 0.0255. The molecule has 0 fully saturated rings. The number of hydrogen-bond acceptors (Lipinski definition) is 5. The molecule has 0 spiro atoms. The van der Waals surface area contributed by atoms with E-state index in [-0.39, 0.29) is 11.6 Å². The molecule has 2 N–H and O–H groups in total. The molecule has 0 atom stereocenters. The Bertz CT molecular complexity index is 734. The van der Waals surface area contributed by atoms with Gasteiger partial charge in [0.15, 0.2) is 0 Å². The zero-order valence-electron chi connectivity index (χ0n) is 14.0. The average molecular weight is 343 g/mol. The zero-order chi connectivity index (χ0) is 18.1. The van der Waals surface area contributed by atoms with Crippen LogP contribution in [0.1, 0.15) is 19.8 Å². The van der Waals surface area contributed by atoms with Gasteiger partial charge in [0.1, 0.15) is 11.4 Å². The minimum Gasteiger partial charge on any atom is -0.492 e. The quantitative estimate of drug-likeness (QED) is 0.410. The van der Waals surface area contributed by atoms with Gasteiger partial charge in [-0.25, -0.2) is 0 Å². The molecule has 0 aliphatic rings. The Hall–Kier alpha value is -3.09.